The average molecular weight is 510 g/mol. The van der Waals surface area contributed by atoms with E-state index in [9.17, 15) is 21.6 Å². The molecule has 0 atom stereocenters. The number of ether oxygens (including phenoxy) is 2. The van der Waals surface area contributed by atoms with Crippen LogP contribution in [0.2, 0.25) is 0 Å². The number of nitrogens with zero attached hydrogens (tertiary/aromatic N) is 2. The quantitative estimate of drug-likeness (QED) is 0.603. The van der Waals surface area contributed by atoms with E-state index in [1.165, 1.54) is 58.2 Å². The molecule has 2 saturated heterocycles. The predicted octanol–water partition coefficient (Wildman–Crippen LogP) is 1.75. The number of rotatable bonds is 7. The second-order valence-corrected chi connectivity index (χ2v) is 11.8. The van der Waals surface area contributed by atoms with Crippen LogP contribution < -0.4 is 10.1 Å². The Morgan fingerprint density at radius 3 is 2.03 bits per heavy atom. The molecule has 2 heterocycles. The molecule has 12 heteroatoms. The van der Waals surface area contributed by atoms with Gasteiger partial charge < -0.3 is 14.8 Å². The minimum absolute atomic E-state index is 0.0209. The summed E-state index contributed by atoms with van der Waals surface area (Å²) < 4.78 is 64.6. The summed E-state index contributed by atoms with van der Waals surface area (Å²) in [5.74, 6) is -0.363. The first kappa shape index (κ1) is 24.6. The highest BCUT2D eigenvalue weighted by Crippen LogP contribution is 2.27. The molecule has 1 amide bonds. The fraction of sp³-hybridized carbons (Fsp3) is 0.409. The monoisotopic (exact) mass is 509 g/mol. The molecule has 0 unspecified atom stereocenters. The first-order chi connectivity index (χ1) is 16.2. The summed E-state index contributed by atoms with van der Waals surface area (Å²) >= 11 is 0. The molecule has 4 rings (SSSR count). The number of hydrogen-bond donors (Lipinski definition) is 1. The molecule has 0 spiro atoms. The van der Waals surface area contributed by atoms with E-state index in [0.717, 1.165) is 12.8 Å². The van der Waals surface area contributed by atoms with Crippen LogP contribution in [0.25, 0.3) is 0 Å². The van der Waals surface area contributed by atoms with E-state index >= 15 is 0 Å². The standard InChI is InChI=1S/C22H27N3O7S2/c1-31-21-9-8-19(34(29,30)25-12-14-32-15-13-25)16-20(21)22(26)23-17-4-6-18(7-5-17)33(27,28)24-10-2-3-11-24/h4-9,16H,2-3,10-15H2,1H3,(H,23,26). The molecule has 10 nitrogen and oxygen atoms in total. The number of benzene rings is 2. The van der Waals surface area contributed by atoms with Crippen LogP contribution in [-0.4, -0.2) is 77.9 Å². The Morgan fingerprint density at radius 1 is 0.853 bits per heavy atom. The van der Waals surface area contributed by atoms with Crippen molar-refractivity contribution in [1.82, 2.24) is 8.61 Å². The molecule has 2 aromatic rings. The largest absolute Gasteiger partial charge is 0.496 e. The van der Waals surface area contributed by atoms with E-state index in [1.54, 1.807) is 0 Å². The van der Waals surface area contributed by atoms with Gasteiger partial charge >= 0.3 is 0 Å². The number of carbonyl (C=O) groups excluding carboxylic acids is 1. The van der Waals surface area contributed by atoms with Gasteiger partial charge in [0.25, 0.3) is 5.91 Å². The maximum absolute atomic E-state index is 13.0. The van der Waals surface area contributed by atoms with Crippen LogP contribution in [0, 0.1) is 0 Å². The number of hydrogen-bond acceptors (Lipinski definition) is 7. The van der Waals surface area contributed by atoms with Crippen molar-refractivity contribution >= 4 is 31.6 Å². The fourth-order valence-electron chi connectivity index (χ4n) is 3.95. The molecule has 0 radical (unpaired) electrons. The number of morpholine rings is 1. The summed E-state index contributed by atoms with van der Waals surface area (Å²) in [6.07, 6.45) is 1.69. The number of carbonyl (C=O) groups is 1. The Morgan fingerprint density at radius 2 is 1.41 bits per heavy atom. The van der Waals surface area contributed by atoms with Gasteiger partial charge in [-0.3, -0.25) is 4.79 Å². The van der Waals surface area contributed by atoms with Crippen LogP contribution in [-0.2, 0) is 24.8 Å². The van der Waals surface area contributed by atoms with Gasteiger partial charge in [0.1, 0.15) is 5.75 Å². The van der Waals surface area contributed by atoms with E-state index in [1.807, 2.05) is 0 Å². The first-order valence-corrected chi connectivity index (χ1v) is 13.8. The number of methoxy groups -OCH3 is 1. The lowest BCUT2D eigenvalue weighted by Crippen LogP contribution is -2.40. The molecule has 184 valence electrons. The normalized spacial score (nSPS) is 18.0. The summed E-state index contributed by atoms with van der Waals surface area (Å²) in [5.41, 5.74) is 0.416. The van der Waals surface area contributed by atoms with Gasteiger partial charge in [-0.2, -0.15) is 8.61 Å². The summed E-state index contributed by atoms with van der Waals surface area (Å²) in [5, 5.41) is 2.68. The molecule has 34 heavy (non-hydrogen) atoms. The zero-order valence-corrected chi connectivity index (χ0v) is 20.4. The third-order valence-corrected chi connectivity index (χ3v) is 9.65. The molecule has 0 aliphatic carbocycles. The third-order valence-electron chi connectivity index (χ3n) is 5.84. The Bertz CT molecular complexity index is 1250. The van der Waals surface area contributed by atoms with E-state index in [0.29, 0.717) is 32.0 Å². The van der Waals surface area contributed by atoms with Gasteiger partial charge in [-0.15, -0.1) is 0 Å². The molecule has 0 bridgehead atoms. The maximum Gasteiger partial charge on any atom is 0.259 e. The highest BCUT2D eigenvalue weighted by molar-refractivity contribution is 7.89. The van der Waals surface area contributed by atoms with Crippen molar-refractivity contribution in [3.05, 3.63) is 48.0 Å². The molecular formula is C22H27N3O7S2. The minimum Gasteiger partial charge on any atom is -0.496 e. The molecule has 2 aromatic carbocycles. The second-order valence-electron chi connectivity index (χ2n) is 7.97. The molecule has 2 aliphatic heterocycles. The van der Waals surface area contributed by atoms with E-state index < -0.39 is 26.0 Å². The topological polar surface area (TPSA) is 122 Å². The summed E-state index contributed by atoms with van der Waals surface area (Å²) in [6.45, 7) is 2.11. The summed E-state index contributed by atoms with van der Waals surface area (Å²) in [7, 11) is -5.97. The van der Waals surface area contributed by atoms with Crippen molar-refractivity contribution in [1.29, 1.82) is 0 Å². The lowest BCUT2D eigenvalue weighted by atomic mass is 10.2. The Labute approximate surface area is 199 Å². The Kier molecular flexibility index (Phi) is 7.24. The van der Waals surface area contributed by atoms with Crippen LogP contribution in [0.4, 0.5) is 5.69 Å². The van der Waals surface area contributed by atoms with Crippen molar-refractivity contribution in [2.75, 3.05) is 51.8 Å². The van der Waals surface area contributed by atoms with Gasteiger partial charge in [-0.1, -0.05) is 0 Å². The zero-order chi connectivity index (χ0) is 24.3. The molecule has 0 aromatic heterocycles. The molecule has 2 aliphatic rings. The summed E-state index contributed by atoms with van der Waals surface area (Å²) in [4.78, 5) is 13.1. The molecule has 2 fully saturated rings. The highest BCUT2D eigenvalue weighted by Gasteiger charge is 2.29. The van der Waals surface area contributed by atoms with E-state index in [2.05, 4.69) is 5.32 Å². The highest BCUT2D eigenvalue weighted by atomic mass is 32.2. The van der Waals surface area contributed by atoms with Crippen LogP contribution >= 0.6 is 0 Å². The summed E-state index contributed by atoms with van der Waals surface area (Å²) in [6, 6.07) is 10.0. The lowest BCUT2D eigenvalue weighted by molar-refractivity contribution is 0.0730. The second kappa shape index (κ2) is 10.0. The molecule has 1 N–H and O–H groups in total. The van der Waals surface area contributed by atoms with Gasteiger partial charge in [-0.05, 0) is 55.3 Å². The Balaban J connectivity index is 1.55. The van der Waals surface area contributed by atoms with Crippen molar-refractivity contribution in [3.63, 3.8) is 0 Å². The number of anilines is 1. The van der Waals surface area contributed by atoms with Crippen LogP contribution in [0.15, 0.2) is 52.3 Å². The number of amides is 1. The number of sulfonamides is 2. The van der Waals surface area contributed by atoms with Crippen LogP contribution in [0.3, 0.4) is 0 Å². The molecule has 0 saturated carbocycles. The van der Waals surface area contributed by atoms with Crippen LogP contribution in [0.1, 0.15) is 23.2 Å². The van der Waals surface area contributed by atoms with Gasteiger partial charge in [0.15, 0.2) is 0 Å². The minimum atomic E-state index is -3.80. The number of nitrogens with one attached hydrogen (secondary N) is 1. The predicted molar refractivity (Wildman–Crippen MR) is 125 cm³/mol. The van der Waals surface area contributed by atoms with E-state index in [4.69, 9.17) is 9.47 Å². The van der Waals surface area contributed by atoms with Gasteiger partial charge in [0.05, 0.1) is 35.7 Å². The molecular weight excluding hydrogens is 482 g/mol. The fourth-order valence-corrected chi connectivity index (χ4v) is 6.90. The Hall–Kier alpha value is -2.51. The SMILES string of the molecule is COc1ccc(S(=O)(=O)N2CCOCC2)cc1C(=O)Nc1ccc(S(=O)(=O)N2CCCC2)cc1. The van der Waals surface area contributed by atoms with Gasteiger partial charge in [-0.25, -0.2) is 16.8 Å². The van der Waals surface area contributed by atoms with Crippen molar-refractivity contribution in [3.8, 4) is 5.75 Å². The lowest BCUT2D eigenvalue weighted by Gasteiger charge is -2.26. The van der Waals surface area contributed by atoms with Gasteiger partial charge in [0, 0.05) is 31.9 Å². The van der Waals surface area contributed by atoms with Crippen molar-refractivity contribution < 1.29 is 31.1 Å². The first-order valence-electron chi connectivity index (χ1n) is 10.9. The smallest absolute Gasteiger partial charge is 0.259 e. The van der Waals surface area contributed by atoms with Crippen LogP contribution in [0.5, 0.6) is 5.75 Å². The third kappa shape index (κ3) is 4.96. The van der Waals surface area contributed by atoms with E-state index in [-0.39, 0.29) is 34.2 Å². The van der Waals surface area contributed by atoms with Crippen molar-refractivity contribution in [2.45, 2.75) is 22.6 Å². The zero-order valence-electron chi connectivity index (χ0n) is 18.8. The van der Waals surface area contributed by atoms with Gasteiger partial charge in [0.2, 0.25) is 20.0 Å². The van der Waals surface area contributed by atoms with Crippen molar-refractivity contribution in [2.24, 2.45) is 0 Å². The maximum atomic E-state index is 13.0. The average Bonchev–Trinajstić information content (AvgIpc) is 3.40.